The number of benzene rings is 2. The van der Waals surface area contributed by atoms with Gasteiger partial charge in [-0.3, -0.25) is 0 Å². The molecule has 0 radical (unpaired) electrons. The molecule has 4 rings (SSSR count). The fraction of sp³-hybridized carbons (Fsp3) is 0.238. The number of aromatic nitrogens is 3. The highest BCUT2D eigenvalue weighted by Crippen LogP contribution is 2.26. The van der Waals surface area contributed by atoms with Gasteiger partial charge < -0.3 is 19.8 Å². The SMILES string of the molecule is Cc1ccc(COCCOCn2cnc3c(N)nc4ccccc4c32)cc1. The van der Waals surface area contributed by atoms with E-state index < -0.39 is 0 Å². The summed E-state index contributed by atoms with van der Waals surface area (Å²) in [5, 5.41) is 1.01. The summed E-state index contributed by atoms with van der Waals surface area (Å²) in [6.45, 7) is 4.09. The van der Waals surface area contributed by atoms with Crippen LogP contribution >= 0.6 is 0 Å². The van der Waals surface area contributed by atoms with Crippen LogP contribution in [0.1, 0.15) is 11.1 Å². The first kappa shape index (κ1) is 17.5. The van der Waals surface area contributed by atoms with Crippen LogP contribution in [0, 0.1) is 6.92 Å². The molecule has 0 unspecified atom stereocenters. The lowest BCUT2D eigenvalue weighted by Gasteiger charge is -2.09. The van der Waals surface area contributed by atoms with Crippen LogP contribution in [-0.2, 0) is 22.8 Å². The van der Waals surface area contributed by atoms with E-state index in [1.165, 1.54) is 5.56 Å². The van der Waals surface area contributed by atoms with E-state index in [1.54, 1.807) is 6.33 Å². The van der Waals surface area contributed by atoms with Crippen LogP contribution in [0.15, 0.2) is 54.9 Å². The lowest BCUT2D eigenvalue weighted by atomic mass is 10.2. The maximum atomic E-state index is 6.05. The summed E-state index contributed by atoms with van der Waals surface area (Å²) < 4.78 is 13.4. The molecule has 0 fully saturated rings. The third-order valence-corrected chi connectivity index (χ3v) is 4.47. The molecule has 0 aliphatic rings. The maximum absolute atomic E-state index is 6.05. The molecule has 0 atom stereocenters. The van der Waals surface area contributed by atoms with Gasteiger partial charge in [0.05, 0.1) is 37.2 Å². The summed E-state index contributed by atoms with van der Waals surface area (Å²) >= 11 is 0. The monoisotopic (exact) mass is 362 g/mol. The number of rotatable bonds is 7. The number of nitrogens with zero attached hydrogens (tertiary/aromatic N) is 3. The van der Waals surface area contributed by atoms with Gasteiger partial charge >= 0.3 is 0 Å². The smallest absolute Gasteiger partial charge is 0.152 e. The summed E-state index contributed by atoms with van der Waals surface area (Å²) in [6.07, 6.45) is 1.74. The van der Waals surface area contributed by atoms with E-state index in [4.69, 9.17) is 15.2 Å². The Morgan fingerprint density at radius 3 is 2.63 bits per heavy atom. The largest absolute Gasteiger partial charge is 0.382 e. The van der Waals surface area contributed by atoms with Gasteiger partial charge in [0.1, 0.15) is 12.2 Å². The Labute approximate surface area is 157 Å². The number of pyridine rings is 1. The molecule has 6 nitrogen and oxygen atoms in total. The number of nitrogens with two attached hydrogens (primary N) is 1. The van der Waals surface area contributed by atoms with Gasteiger partial charge in [-0.25, -0.2) is 9.97 Å². The van der Waals surface area contributed by atoms with Gasteiger partial charge in [0.2, 0.25) is 0 Å². The van der Waals surface area contributed by atoms with Crippen molar-refractivity contribution in [2.24, 2.45) is 0 Å². The number of ether oxygens (including phenoxy) is 2. The molecule has 0 saturated carbocycles. The Kier molecular flexibility index (Phi) is 5.00. The zero-order chi connectivity index (χ0) is 18.6. The van der Waals surface area contributed by atoms with Crippen molar-refractivity contribution in [3.63, 3.8) is 0 Å². The predicted octanol–water partition coefficient (Wildman–Crippen LogP) is 3.67. The molecule has 0 saturated heterocycles. The van der Waals surface area contributed by atoms with Crippen LogP contribution in [-0.4, -0.2) is 27.7 Å². The lowest BCUT2D eigenvalue weighted by Crippen LogP contribution is -2.08. The third-order valence-electron chi connectivity index (χ3n) is 4.47. The number of hydrogen-bond donors (Lipinski definition) is 1. The van der Waals surface area contributed by atoms with E-state index in [0.717, 1.165) is 22.0 Å². The molecule has 0 aliphatic carbocycles. The highest BCUT2D eigenvalue weighted by molar-refractivity contribution is 6.06. The fourth-order valence-corrected chi connectivity index (χ4v) is 3.06. The number of anilines is 1. The standard InChI is InChI=1S/C21H22N4O2/c1-15-6-8-16(9-7-15)12-26-10-11-27-14-25-13-23-19-20(25)17-4-2-3-5-18(17)24-21(19)22/h2-9,13H,10-12,14H2,1H3,(H2,22,24). The average Bonchev–Trinajstić information content (AvgIpc) is 3.11. The summed E-state index contributed by atoms with van der Waals surface area (Å²) in [6, 6.07) is 16.2. The van der Waals surface area contributed by atoms with Crippen LogP contribution in [0.5, 0.6) is 0 Å². The number of imidazole rings is 1. The topological polar surface area (TPSA) is 75.2 Å². The zero-order valence-electron chi connectivity index (χ0n) is 15.3. The van der Waals surface area contributed by atoms with E-state index in [9.17, 15) is 0 Å². The van der Waals surface area contributed by atoms with Crippen molar-refractivity contribution in [1.29, 1.82) is 0 Å². The van der Waals surface area contributed by atoms with E-state index in [0.29, 0.717) is 37.9 Å². The third kappa shape index (κ3) is 3.77. The summed E-state index contributed by atoms with van der Waals surface area (Å²) in [5.74, 6) is 0.434. The van der Waals surface area contributed by atoms with Gasteiger partial charge in [-0.2, -0.15) is 0 Å². The van der Waals surface area contributed by atoms with Gasteiger partial charge in [-0.15, -0.1) is 0 Å². The molecule has 27 heavy (non-hydrogen) atoms. The molecule has 0 spiro atoms. The minimum absolute atomic E-state index is 0.387. The first-order valence-corrected chi connectivity index (χ1v) is 8.92. The Morgan fingerprint density at radius 2 is 1.78 bits per heavy atom. The van der Waals surface area contributed by atoms with E-state index in [-0.39, 0.29) is 0 Å². The Hall–Kier alpha value is -2.96. The molecule has 6 heteroatoms. The zero-order valence-corrected chi connectivity index (χ0v) is 15.3. The molecular weight excluding hydrogens is 340 g/mol. The second-order valence-corrected chi connectivity index (χ2v) is 6.50. The first-order chi connectivity index (χ1) is 13.2. The minimum Gasteiger partial charge on any atom is -0.382 e. The maximum Gasteiger partial charge on any atom is 0.152 e. The van der Waals surface area contributed by atoms with E-state index in [1.807, 2.05) is 28.8 Å². The summed E-state index contributed by atoms with van der Waals surface area (Å²) in [5.41, 5.74) is 11.0. The van der Waals surface area contributed by atoms with Crippen LogP contribution in [0.2, 0.25) is 0 Å². The Bertz CT molecular complexity index is 1060. The van der Waals surface area contributed by atoms with Gasteiger partial charge in [0, 0.05) is 5.39 Å². The quantitative estimate of drug-likeness (QED) is 0.508. The number of hydrogen-bond acceptors (Lipinski definition) is 5. The molecule has 2 heterocycles. The highest BCUT2D eigenvalue weighted by atomic mass is 16.5. The van der Waals surface area contributed by atoms with Crippen LogP contribution in [0.4, 0.5) is 5.82 Å². The summed E-state index contributed by atoms with van der Waals surface area (Å²) in [7, 11) is 0. The van der Waals surface area contributed by atoms with Crippen molar-refractivity contribution in [2.45, 2.75) is 20.3 Å². The Morgan fingerprint density at radius 1 is 1.00 bits per heavy atom. The number of fused-ring (bicyclic) bond motifs is 3. The first-order valence-electron chi connectivity index (χ1n) is 8.92. The molecule has 2 N–H and O–H groups in total. The molecule has 0 amide bonds. The average molecular weight is 362 g/mol. The van der Waals surface area contributed by atoms with Gasteiger partial charge in [0.25, 0.3) is 0 Å². The second-order valence-electron chi connectivity index (χ2n) is 6.50. The Balaban J connectivity index is 1.36. The molecule has 2 aromatic heterocycles. The van der Waals surface area contributed by atoms with Crippen molar-refractivity contribution in [1.82, 2.24) is 14.5 Å². The molecule has 0 aliphatic heterocycles. The minimum atomic E-state index is 0.387. The lowest BCUT2D eigenvalue weighted by molar-refractivity contribution is 0.0149. The number of aryl methyl sites for hydroxylation is 1. The van der Waals surface area contributed by atoms with Crippen molar-refractivity contribution in [3.05, 3.63) is 66.0 Å². The van der Waals surface area contributed by atoms with Gasteiger partial charge in [0.15, 0.2) is 5.82 Å². The molecule has 0 bridgehead atoms. The normalized spacial score (nSPS) is 11.4. The molecule has 138 valence electrons. The van der Waals surface area contributed by atoms with Crippen LogP contribution in [0.25, 0.3) is 21.9 Å². The number of para-hydroxylation sites is 1. The summed E-state index contributed by atoms with van der Waals surface area (Å²) in [4.78, 5) is 8.81. The number of nitrogen functional groups attached to an aromatic ring is 1. The van der Waals surface area contributed by atoms with Crippen LogP contribution in [0.3, 0.4) is 0 Å². The highest BCUT2D eigenvalue weighted by Gasteiger charge is 2.11. The van der Waals surface area contributed by atoms with Crippen molar-refractivity contribution >= 4 is 27.8 Å². The van der Waals surface area contributed by atoms with Gasteiger partial charge in [-0.05, 0) is 18.6 Å². The second kappa shape index (κ2) is 7.73. The van der Waals surface area contributed by atoms with E-state index >= 15 is 0 Å². The predicted molar refractivity (Wildman–Crippen MR) is 106 cm³/mol. The molecular formula is C21H22N4O2. The molecule has 2 aromatic carbocycles. The van der Waals surface area contributed by atoms with Crippen molar-refractivity contribution in [2.75, 3.05) is 18.9 Å². The van der Waals surface area contributed by atoms with Crippen molar-refractivity contribution < 1.29 is 9.47 Å². The fourth-order valence-electron chi connectivity index (χ4n) is 3.06. The van der Waals surface area contributed by atoms with E-state index in [2.05, 4.69) is 41.2 Å². The molecule has 4 aromatic rings. The van der Waals surface area contributed by atoms with Crippen LogP contribution < -0.4 is 5.73 Å². The van der Waals surface area contributed by atoms with Crippen molar-refractivity contribution in [3.8, 4) is 0 Å². The van der Waals surface area contributed by atoms with Gasteiger partial charge in [-0.1, -0.05) is 48.0 Å².